The lowest BCUT2D eigenvalue weighted by atomic mass is 10.1. The second-order valence-corrected chi connectivity index (χ2v) is 6.69. The Morgan fingerprint density at radius 3 is 3.00 bits per heavy atom. The van der Waals surface area contributed by atoms with E-state index in [0.29, 0.717) is 11.5 Å². The molecule has 1 atom stereocenters. The van der Waals surface area contributed by atoms with Crippen LogP contribution in [0.3, 0.4) is 0 Å². The van der Waals surface area contributed by atoms with Crippen LogP contribution in [0.4, 0.5) is 0 Å². The Balaban J connectivity index is 1.50. The van der Waals surface area contributed by atoms with Gasteiger partial charge in [-0.2, -0.15) is 5.26 Å². The second kappa shape index (κ2) is 6.27. The lowest BCUT2D eigenvalue weighted by Gasteiger charge is -2.16. The van der Waals surface area contributed by atoms with Gasteiger partial charge in [-0.1, -0.05) is 29.8 Å². The van der Waals surface area contributed by atoms with Gasteiger partial charge < -0.3 is 4.98 Å². The molecule has 120 valence electrons. The SMILES string of the molecule is N#Cc1ccc2nc(C3CCN(Cc4ccccc4Cl)C3)[nH]c2c1. The number of hydrogen-bond donors (Lipinski definition) is 1. The van der Waals surface area contributed by atoms with Crippen molar-refractivity contribution in [3.8, 4) is 6.07 Å². The molecule has 0 radical (unpaired) electrons. The average molecular weight is 337 g/mol. The summed E-state index contributed by atoms with van der Waals surface area (Å²) in [5.41, 5.74) is 3.69. The minimum atomic E-state index is 0.394. The minimum Gasteiger partial charge on any atom is -0.342 e. The number of imidazole rings is 1. The Morgan fingerprint density at radius 2 is 2.17 bits per heavy atom. The number of aromatic amines is 1. The summed E-state index contributed by atoms with van der Waals surface area (Å²) in [4.78, 5) is 10.5. The first kappa shape index (κ1) is 15.2. The van der Waals surface area contributed by atoms with Crippen LogP contribution < -0.4 is 0 Å². The number of benzene rings is 2. The number of rotatable bonds is 3. The largest absolute Gasteiger partial charge is 0.342 e. The smallest absolute Gasteiger partial charge is 0.111 e. The van der Waals surface area contributed by atoms with Gasteiger partial charge in [-0.05, 0) is 42.8 Å². The van der Waals surface area contributed by atoms with E-state index >= 15 is 0 Å². The summed E-state index contributed by atoms with van der Waals surface area (Å²) >= 11 is 6.27. The maximum Gasteiger partial charge on any atom is 0.111 e. The highest BCUT2D eigenvalue weighted by atomic mass is 35.5. The topological polar surface area (TPSA) is 55.7 Å². The molecule has 4 rings (SSSR count). The Morgan fingerprint density at radius 1 is 1.29 bits per heavy atom. The maximum atomic E-state index is 9.01. The highest BCUT2D eigenvalue weighted by Gasteiger charge is 2.26. The molecule has 1 saturated heterocycles. The first-order valence-corrected chi connectivity index (χ1v) is 8.46. The van der Waals surface area contributed by atoms with Crippen LogP contribution in [0.25, 0.3) is 11.0 Å². The molecule has 5 heteroatoms. The zero-order valence-electron chi connectivity index (χ0n) is 13.2. The lowest BCUT2D eigenvalue weighted by Crippen LogP contribution is -2.20. The number of H-pyrrole nitrogens is 1. The van der Waals surface area contributed by atoms with E-state index in [1.165, 1.54) is 5.56 Å². The molecule has 1 aliphatic heterocycles. The number of nitrogens with one attached hydrogen (secondary N) is 1. The minimum absolute atomic E-state index is 0.394. The Kier molecular flexibility index (Phi) is 3.97. The predicted molar refractivity (Wildman–Crippen MR) is 94.9 cm³/mol. The van der Waals surface area contributed by atoms with Crippen molar-refractivity contribution in [1.82, 2.24) is 14.9 Å². The molecular formula is C19H17ClN4. The van der Waals surface area contributed by atoms with Crippen LogP contribution in [-0.2, 0) is 6.54 Å². The van der Waals surface area contributed by atoms with Crippen molar-refractivity contribution in [2.45, 2.75) is 18.9 Å². The van der Waals surface area contributed by atoms with Gasteiger partial charge in [0, 0.05) is 24.0 Å². The fraction of sp³-hybridized carbons (Fsp3) is 0.263. The van der Waals surface area contributed by atoms with E-state index in [-0.39, 0.29) is 0 Å². The zero-order valence-corrected chi connectivity index (χ0v) is 13.9. The van der Waals surface area contributed by atoms with Gasteiger partial charge >= 0.3 is 0 Å². The maximum absolute atomic E-state index is 9.01. The highest BCUT2D eigenvalue weighted by Crippen LogP contribution is 2.29. The molecule has 0 aliphatic carbocycles. The summed E-state index contributed by atoms with van der Waals surface area (Å²) in [6, 6.07) is 15.8. The molecule has 4 nitrogen and oxygen atoms in total. The Bertz CT molecular complexity index is 925. The molecule has 0 bridgehead atoms. The first-order chi connectivity index (χ1) is 11.7. The first-order valence-electron chi connectivity index (χ1n) is 8.08. The monoisotopic (exact) mass is 336 g/mol. The highest BCUT2D eigenvalue weighted by molar-refractivity contribution is 6.31. The second-order valence-electron chi connectivity index (χ2n) is 6.28. The Hall–Kier alpha value is -2.35. The summed E-state index contributed by atoms with van der Waals surface area (Å²) in [6.07, 6.45) is 1.08. The Labute approximate surface area is 145 Å². The van der Waals surface area contributed by atoms with Crippen molar-refractivity contribution in [3.63, 3.8) is 0 Å². The number of fused-ring (bicyclic) bond motifs is 1. The fourth-order valence-electron chi connectivity index (χ4n) is 3.36. The van der Waals surface area contributed by atoms with Crippen molar-refractivity contribution < 1.29 is 0 Å². The predicted octanol–water partition coefficient (Wildman–Crippen LogP) is 4.08. The van der Waals surface area contributed by atoms with Crippen LogP contribution in [0.2, 0.25) is 5.02 Å². The van der Waals surface area contributed by atoms with Crippen molar-refractivity contribution in [1.29, 1.82) is 5.26 Å². The number of halogens is 1. The van der Waals surface area contributed by atoms with Crippen molar-refractivity contribution >= 4 is 22.6 Å². The van der Waals surface area contributed by atoms with Crippen molar-refractivity contribution in [2.75, 3.05) is 13.1 Å². The zero-order chi connectivity index (χ0) is 16.5. The summed E-state index contributed by atoms with van der Waals surface area (Å²) in [5.74, 6) is 1.41. The van der Waals surface area contributed by atoms with E-state index in [0.717, 1.165) is 47.9 Å². The molecule has 2 heterocycles. The summed E-state index contributed by atoms with van der Waals surface area (Å²) in [7, 11) is 0. The summed E-state index contributed by atoms with van der Waals surface area (Å²) in [5, 5.41) is 9.84. The van der Waals surface area contributed by atoms with Gasteiger partial charge in [0.25, 0.3) is 0 Å². The van der Waals surface area contributed by atoms with E-state index in [1.807, 2.05) is 36.4 Å². The van der Waals surface area contributed by atoms with Crippen molar-refractivity contribution in [3.05, 3.63) is 64.4 Å². The van der Waals surface area contributed by atoms with Gasteiger partial charge in [0.05, 0.1) is 22.7 Å². The van der Waals surface area contributed by atoms with Crippen LogP contribution in [-0.4, -0.2) is 28.0 Å². The molecule has 1 unspecified atom stereocenters. The quantitative estimate of drug-likeness (QED) is 0.784. The lowest BCUT2D eigenvalue weighted by molar-refractivity contribution is 0.326. The molecule has 24 heavy (non-hydrogen) atoms. The third-order valence-electron chi connectivity index (χ3n) is 4.64. The van der Waals surface area contributed by atoms with Crippen LogP contribution in [0.15, 0.2) is 42.5 Å². The standard InChI is InChI=1S/C19H17ClN4/c20-16-4-2-1-3-14(16)11-24-8-7-15(12-24)19-22-17-6-5-13(10-21)9-18(17)23-19/h1-6,9,15H,7-8,11-12H2,(H,22,23). The van der Waals surface area contributed by atoms with Gasteiger partial charge in [-0.15, -0.1) is 0 Å². The molecule has 1 fully saturated rings. The number of aromatic nitrogens is 2. The van der Waals surface area contributed by atoms with Gasteiger partial charge in [-0.25, -0.2) is 4.98 Å². The van der Waals surface area contributed by atoms with Crippen molar-refractivity contribution in [2.24, 2.45) is 0 Å². The van der Waals surface area contributed by atoms with Gasteiger partial charge in [0.1, 0.15) is 5.82 Å². The van der Waals surface area contributed by atoms with Crippen LogP contribution in [0, 0.1) is 11.3 Å². The number of likely N-dealkylation sites (tertiary alicyclic amines) is 1. The molecule has 1 aliphatic rings. The van der Waals surface area contributed by atoms with Crippen LogP contribution >= 0.6 is 11.6 Å². The van der Waals surface area contributed by atoms with Gasteiger partial charge in [0.15, 0.2) is 0 Å². The third-order valence-corrected chi connectivity index (χ3v) is 5.01. The van der Waals surface area contributed by atoms with E-state index in [9.17, 15) is 0 Å². The normalized spacial score (nSPS) is 18.1. The third kappa shape index (κ3) is 2.89. The molecule has 1 aromatic heterocycles. The van der Waals surface area contributed by atoms with E-state index < -0.39 is 0 Å². The number of hydrogen-bond acceptors (Lipinski definition) is 3. The molecule has 0 spiro atoms. The van der Waals surface area contributed by atoms with E-state index in [4.69, 9.17) is 21.8 Å². The average Bonchev–Trinajstić information content (AvgIpc) is 3.22. The number of nitriles is 1. The summed E-state index contributed by atoms with van der Waals surface area (Å²) < 4.78 is 0. The fourth-order valence-corrected chi connectivity index (χ4v) is 3.55. The van der Waals surface area contributed by atoms with Gasteiger partial charge in [-0.3, -0.25) is 4.90 Å². The van der Waals surface area contributed by atoms with E-state index in [2.05, 4.69) is 22.0 Å². The van der Waals surface area contributed by atoms with Gasteiger partial charge in [0.2, 0.25) is 0 Å². The molecular weight excluding hydrogens is 320 g/mol. The van der Waals surface area contributed by atoms with E-state index in [1.54, 1.807) is 0 Å². The molecule has 0 saturated carbocycles. The molecule has 3 aromatic rings. The molecule has 1 N–H and O–H groups in total. The number of nitrogens with zero attached hydrogens (tertiary/aromatic N) is 3. The van der Waals surface area contributed by atoms with Crippen LogP contribution in [0.5, 0.6) is 0 Å². The summed E-state index contributed by atoms with van der Waals surface area (Å²) in [6.45, 7) is 2.88. The molecule has 0 amide bonds. The van der Waals surface area contributed by atoms with Crippen LogP contribution in [0.1, 0.15) is 29.3 Å². The molecule has 2 aromatic carbocycles.